The molecule has 0 saturated heterocycles. The zero-order chi connectivity index (χ0) is 15.5. The molecule has 0 spiro atoms. The molecule has 120 valence electrons. The van der Waals surface area contributed by atoms with Gasteiger partial charge in [-0.3, -0.25) is 14.9 Å². The first-order valence-electron chi connectivity index (χ1n) is 8.37. The fourth-order valence-electron chi connectivity index (χ4n) is 4.16. The van der Waals surface area contributed by atoms with Gasteiger partial charge in [0.1, 0.15) is 0 Å². The van der Waals surface area contributed by atoms with Crippen LogP contribution in [0.2, 0.25) is 0 Å². The molecular formula is C16H27NO4. The molecule has 0 amide bonds. The average molecular weight is 297 g/mol. The third-order valence-electron chi connectivity index (χ3n) is 5.54. The number of aliphatic hydroxyl groups excluding tert-OH is 1. The average Bonchev–Trinajstić information content (AvgIpc) is 2.41. The van der Waals surface area contributed by atoms with Crippen LogP contribution in [-0.2, 0) is 4.79 Å². The second-order valence-electron chi connectivity index (χ2n) is 6.87. The molecule has 1 N–H and O–H groups in total. The number of Topliss-reactive ketones (excluding diaryl/α,β-unsaturated/α-hetero) is 1. The van der Waals surface area contributed by atoms with Gasteiger partial charge in [0.15, 0.2) is 0 Å². The Bertz CT molecular complexity index is 398. The van der Waals surface area contributed by atoms with Gasteiger partial charge in [0.25, 0.3) is 5.54 Å². The molecule has 21 heavy (non-hydrogen) atoms. The van der Waals surface area contributed by atoms with Gasteiger partial charge in [-0.05, 0) is 19.3 Å². The van der Waals surface area contributed by atoms with Crippen LogP contribution in [0.3, 0.4) is 0 Å². The molecule has 5 nitrogen and oxygen atoms in total. The van der Waals surface area contributed by atoms with Crippen LogP contribution in [0, 0.1) is 22.0 Å². The molecule has 2 aliphatic rings. The van der Waals surface area contributed by atoms with Gasteiger partial charge in [0, 0.05) is 17.3 Å². The van der Waals surface area contributed by atoms with Crippen LogP contribution < -0.4 is 0 Å². The summed E-state index contributed by atoms with van der Waals surface area (Å²) >= 11 is 0. The first kappa shape index (κ1) is 16.4. The zero-order valence-corrected chi connectivity index (χ0v) is 12.9. The second kappa shape index (κ2) is 6.86. The summed E-state index contributed by atoms with van der Waals surface area (Å²) in [7, 11) is 0. The Morgan fingerprint density at radius 3 is 2.33 bits per heavy atom. The highest BCUT2D eigenvalue weighted by Crippen LogP contribution is 2.42. The molecular weight excluding hydrogens is 270 g/mol. The lowest BCUT2D eigenvalue weighted by molar-refractivity contribution is -0.566. The third-order valence-corrected chi connectivity index (χ3v) is 5.54. The van der Waals surface area contributed by atoms with E-state index in [1.54, 1.807) is 6.92 Å². The van der Waals surface area contributed by atoms with E-state index in [0.29, 0.717) is 19.3 Å². The molecule has 2 aliphatic carbocycles. The van der Waals surface area contributed by atoms with E-state index in [-0.39, 0.29) is 16.6 Å². The fourth-order valence-corrected chi connectivity index (χ4v) is 4.16. The predicted octanol–water partition coefficient (Wildman–Crippen LogP) is 3.11. The van der Waals surface area contributed by atoms with Crippen molar-refractivity contribution in [1.29, 1.82) is 0 Å². The highest BCUT2D eigenvalue weighted by Gasteiger charge is 2.60. The lowest BCUT2D eigenvalue weighted by atomic mass is 9.64. The van der Waals surface area contributed by atoms with Crippen LogP contribution in [0.15, 0.2) is 0 Å². The topological polar surface area (TPSA) is 80.4 Å². The summed E-state index contributed by atoms with van der Waals surface area (Å²) in [5.41, 5.74) is -1.46. The number of carbonyl (C=O) groups excluding carboxylic acids is 1. The van der Waals surface area contributed by atoms with Gasteiger partial charge in [-0.25, -0.2) is 0 Å². The quantitative estimate of drug-likeness (QED) is 0.595. The molecule has 2 rings (SSSR count). The molecule has 2 fully saturated rings. The Balaban J connectivity index is 2.29. The predicted molar refractivity (Wildman–Crippen MR) is 79.6 cm³/mol. The van der Waals surface area contributed by atoms with Gasteiger partial charge in [-0.1, -0.05) is 45.4 Å². The minimum Gasteiger partial charge on any atom is -0.392 e. The Morgan fingerprint density at radius 1 is 1.14 bits per heavy atom. The summed E-state index contributed by atoms with van der Waals surface area (Å²) in [6.07, 6.45) is 7.67. The Morgan fingerprint density at radius 2 is 1.71 bits per heavy atom. The minimum atomic E-state index is -1.46. The smallest absolute Gasteiger partial charge is 0.282 e. The van der Waals surface area contributed by atoms with Crippen molar-refractivity contribution >= 4 is 5.78 Å². The van der Waals surface area contributed by atoms with Gasteiger partial charge >= 0.3 is 0 Å². The van der Waals surface area contributed by atoms with Crippen LogP contribution in [0.1, 0.15) is 71.1 Å². The third kappa shape index (κ3) is 3.12. The molecule has 0 aliphatic heterocycles. The summed E-state index contributed by atoms with van der Waals surface area (Å²) in [6, 6.07) is 0. The van der Waals surface area contributed by atoms with Crippen molar-refractivity contribution in [1.82, 2.24) is 0 Å². The van der Waals surface area contributed by atoms with Gasteiger partial charge in [0.2, 0.25) is 5.78 Å². The van der Waals surface area contributed by atoms with Gasteiger partial charge in [-0.2, -0.15) is 0 Å². The molecule has 5 heteroatoms. The van der Waals surface area contributed by atoms with E-state index in [1.807, 2.05) is 0 Å². The summed E-state index contributed by atoms with van der Waals surface area (Å²) in [4.78, 5) is 24.2. The van der Waals surface area contributed by atoms with Crippen LogP contribution in [0.4, 0.5) is 0 Å². The van der Waals surface area contributed by atoms with E-state index >= 15 is 0 Å². The molecule has 4 atom stereocenters. The largest absolute Gasteiger partial charge is 0.392 e. The monoisotopic (exact) mass is 297 g/mol. The lowest BCUT2D eigenvalue weighted by Crippen LogP contribution is -2.60. The first-order valence-corrected chi connectivity index (χ1v) is 8.37. The molecule has 2 bridgehead atoms. The van der Waals surface area contributed by atoms with Crippen molar-refractivity contribution in [2.75, 3.05) is 0 Å². The van der Waals surface area contributed by atoms with E-state index in [4.69, 9.17) is 0 Å². The van der Waals surface area contributed by atoms with E-state index in [2.05, 4.69) is 0 Å². The number of rotatable bonds is 1. The van der Waals surface area contributed by atoms with Crippen molar-refractivity contribution in [2.24, 2.45) is 11.8 Å². The van der Waals surface area contributed by atoms with Crippen LogP contribution in [0.5, 0.6) is 0 Å². The maximum atomic E-state index is 12.8. The molecule has 0 radical (unpaired) electrons. The lowest BCUT2D eigenvalue weighted by Gasteiger charge is -2.40. The summed E-state index contributed by atoms with van der Waals surface area (Å²) < 4.78 is 0. The molecule has 2 saturated carbocycles. The number of carbonyl (C=O) groups is 1. The number of hydrogen-bond acceptors (Lipinski definition) is 4. The number of nitro groups is 1. The second-order valence-corrected chi connectivity index (χ2v) is 6.87. The highest BCUT2D eigenvalue weighted by molar-refractivity contribution is 5.90. The number of nitrogens with zero attached hydrogens (tertiary/aromatic N) is 1. The maximum absolute atomic E-state index is 12.8. The van der Waals surface area contributed by atoms with Crippen molar-refractivity contribution < 1.29 is 14.8 Å². The van der Waals surface area contributed by atoms with E-state index in [9.17, 15) is 20.0 Å². The maximum Gasteiger partial charge on any atom is 0.282 e. The summed E-state index contributed by atoms with van der Waals surface area (Å²) in [5, 5.41) is 22.0. The van der Waals surface area contributed by atoms with E-state index in [1.165, 1.54) is 6.42 Å². The van der Waals surface area contributed by atoms with E-state index in [0.717, 1.165) is 38.5 Å². The van der Waals surface area contributed by atoms with Crippen molar-refractivity contribution in [3.05, 3.63) is 10.1 Å². The Labute approximate surface area is 126 Å². The SMILES string of the molecule is C[C@H]1C[C@H](O)[C@H]2CCCCCCCCC[C@]1([N+](=O)[O-])C2=O. The van der Waals surface area contributed by atoms with Crippen LogP contribution >= 0.6 is 0 Å². The Kier molecular flexibility index (Phi) is 5.36. The van der Waals surface area contributed by atoms with E-state index < -0.39 is 17.6 Å². The fraction of sp³-hybridized carbons (Fsp3) is 0.938. The first-order chi connectivity index (χ1) is 10.00. The van der Waals surface area contributed by atoms with Crippen molar-refractivity contribution in [2.45, 2.75) is 82.8 Å². The molecule has 0 aromatic carbocycles. The van der Waals surface area contributed by atoms with Gasteiger partial charge < -0.3 is 5.11 Å². The van der Waals surface area contributed by atoms with Crippen LogP contribution in [0.25, 0.3) is 0 Å². The summed E-state index contributed by atoms with van der Waals surface area (Å²) in [5.74, 6) is -1.22. The molecule has 0 aromatic heterocycles. The van der Waals surface area contributed by atoms with Crippen molar-refractivity contribution in [3.63, 3.8) is 0 Å². The summed E-state index contributed by atoms with van der Waals surface area (Å²) in [6.45, 7) is 1.76. The van der Waals surface area contributed by atoms with Crippen molar-refractivity contribution in [3.8, 4) is 0 Å². The molecule has 0 unspecified atom stereocenters. The standard InChI is InChI=1S/C16H27NO4/c1-12-11-14(18)13-9-7-5-3-2-4-6-8-10-16(12,15(13)19)17(20)21/h12-14,18H,2-11H2,1H3/t12-,13+,14-,16+/m0/s1. The number of aliphatic hydroxyl groups is 1. The van der Waals surface area contributed by atoms with Crippen LogP contribution in [-0.4, -0.2) is 27.5 Å². The molecule has 0 aromatic rings. The number of fused-ring (bicyclic) bond motifs is 2. The zero-order valence-electron chi connectivity index (χ0n) is 12.9. The minimum absolute atomic E-state index is 0.306. The normalized spacial score (nSPS) is 39.1. The number of ketones is 1. The van der Waals surface area contributed by atoms with Gasteiger partial charge in [0.05, 0.1) is 12.0 Å². The number of hydrogen-bond donors (Lipinski definition) is 1. The Hall–Kier alpha value is -0.970. The van der Waals surface area contributed by atoms with Gasteiger partial charge in [-0.15, -0.1) is 0 Å². The highest BCUT2D eigenvalue weighted by atomic mass is 16.6. The molecule has 0 heterocycles.